The Kier molecular flexibility index (Phi) is 5.12. The molecule has 1 aliphatic heterocycles. The highest BCUT2D eigenvalue weighted by atomic mass is 19.4. The summed E-state index contributed by atoms with van der Waals surface area (Å²) in [6.45, 7) is 4.45. The predicted molar refractivity (Wildman–Crippen MR) is 85.6 cm³/mol. The summed E-state index contributed by atoms with van der Waals surface area (Å²) >= 11 is 0. The molecular formula is C15H20F3N5O4. The topological polar surface area (TPSA) is 114 Å². The lowest BCUT2D eigenvalue weighted by Gasteiger charge is -2.27. The Morgan fingerprint density at radius 1 is 1.33 bits per heavy atom. The van der Waals surface area contributed by atoms with Gasteiger partial charge >= 0.3 is 18.3 Å². The fourth-order valence-electron chi connectivity index (χ4n) is 2.61. The summed E-state index contributed by atoms with van der Waals surface area (Å²) in [5, 5.41) is 10.4. The number of rotatable bonds is 4. The second kappa shape index (κ2) is 6.74. The Labute approximate surface area is 152 Å². The minimum absolute atomic E-state index is 0.0238. The van der Waals surface area contributed by atoms with E-state index >= 15 is 0 Å². The predicted octanol–water partition coefficient (Wildman–Crippen LogP) is 1.31. The molecule has 1 atom stereocenters. The largest absolute Gasteiger partial charge is 0.444 e. The zero-order valence-corrected chi connectivity index (χ0v) is 15.2. The summed E-state index contributed by atoms with van der Waals surface area (Å²) in [6, 6.07) is -0.839. The van der Waals surface area contributed by atoms with Crippen molar-refractivity contribution < 1.29 is 32.3 Å². The molecule has 3 N–H and O–H groups in total. The van der Waals surface area contributed by atoms with Gasteiger partial charge in [-0.15, -0.1) is 0 Å². The fraction of sp³-hybridized carbons (Fsp3) is 0.600. The van der Waals surface area contributed by atoms with Crippen molar-refractivity contribution in [2.45, 2.75) is 51.6 Å². The number of carbonyl (C=O) groups excluding carboxylic acids is 3. The third-order valence-electron chi connectivity index (χ3n) is 3.73. The Bertz CT molecular complexity index is 768. The Hall–Kier alpha value is -2.79. The van der Waals surface area contributed by atoms with Crippen LogP contribution in [0.15, 0.2) is 6.20 Å². The minimum atomic E-state index is -4.52. The second-order valence-corrected chi connectivity index (χ2v) is 7.09. The highest BCUT2D eigenvalue weighted by Crippen LogP contribution is 2.29. The zero-order chi connectivity index (χ0) is 20.6. The van der Waals surface area contributed by atoms with Gasteiger partial charge in [-0.05, 0) is 27.7 Å². The maximum Gasteiger partial charge on any atom is 0.408 e. The molecule has 0 aromatic carbocycles. The summed E-state index contributed by atoms with van der Waals surface area (Å²) in [5.41, 5.74) is -2.55. The van der Waals surface area contributed by atoms with Gasteiger partial charge in [0.2, 0.25) is 0 Å². The van der Waals surface area contributed by atoms with Gasteiger partial charge in [0.1, 0.15) is 12.1 Å². The van der Waals surface area contributed by atoms with E-state index in [0.717, 1.165) is 6.20 Å². The van der Waals surface area contributed by atoms with Crippen molar-refractivity contribution in [3.63, 3.8) is 0 Å². The van der Waals surface area contributed by atoms with E-state index in [-0.39, 0.29) is 11.3 Å². The van der Waals surface area contributed by atoms with Crippen LogP contribution in [0.25, 0.3) is 0 Å². The number of ether oxygens (including phenoxy) is 1. The van der Waals surface area contributed by atoms with Crippen LogP contribution in [0, 0.1) is 6.92 Å². The first-order chi connectivity index (χ1) is 12.2. The molecule has 0 spiro atoms. The Balaban J connectivity index is 2.32. The van der Waals surface area contributed by atoms with Crippen molar-refractivity contribution in [2.24, 2.45) is 0 Å². The first-order valence-corrected chi connectivity index (χ1v) is 7.93. The number of hydrogen-bond acceptors (Lipinski definition) is 5. The van der Waals surface area contributed by atoms with E-state index < -0.39 is 48.4 Å². The van der Waals surface area contributed by atoms with Gasteiger partial charge in [0.05, 0.1) is 12.7 Å². The molecule has 1 unspecified atom stereocenters. The number of nitrogens with one attached hydrogen (secondary N) is 3. The van der Waals surface area contributed by atoms with Crippen LogP contribution in [-0.2, 0) is 21.6 Å². The lowest BCUT2D eigenvalue weighted by Crippen LogP contribution is -2.53. The smallest absolute Gasteiger partial charge is 0.408 e. The van der Waals surface area contributed by atoms with E-state index in [1.807, 2.05) is 5.32 Å². The number of nitrogens with zero attached hydrogens (tertiary/aromatic N) is 2. The number of hydrogen-bond donors (Lipinski definition) is 3. The number of alkyl halides is 3. The van der Waals surface area contributed by atoms with Crippen molar-refractivity contribution in [1.82, 2.24) is 25.7 Å². The van der Waals surface area contributed by atoms with Crippen LogP contribution in [0.2, 0.25) is 0 Å². The van der Waals surface area contributed by atoms with Crippen molar-refractivity contribution in [1.29, 1.82) is 0 Å². The van der Waals surface area contributed by atoms with Crippen LogP contribution >= 0.6 is 0 Å². The van der Waals surface area contributed by atoms with Crippen molar-refractivity contribution in [2.75, 3.05) is 6.54 Å². The first kappa shape index (κ1) is 20.5. The molecule has 1 fully saturated rings. The lowest BCUT2D eigenvalue weighted by molar-refractivity contribution is -0.142. The molecule has 0 radical (unpaired) electrons. The standard InChI is InChI=1S/C15H20F3N5O4/c1-8-9(5-20-23(8)7-15(16,17)18)14(10(24)21-11(25)22-14)6-19-12(26)27-13(2,3)4/h5H,6-7H2,1-4H3,(H,19,26)(H2,21,22,24,25). The fourth-order valence-corrected chi connectivity index (χ4v) is 2.61. The van der Waals surface area contributed by atoms with Gasteiger partial charge in [-0.2, -0.15) is 18.3 Å². The number of carbonyl (C=O) groups is 3. The van der Waals surface area contributed by atoms with Crippen LogP contribution in [0.3, 0.4) is 0 Å². The van der Waals surface area contributed by atoms with Gasteiger partial charge < -0.3 is 15.4 Å². The number of urea groups is 1. The molecule has 1 aromatic heterocycles. The number of imide groups is 1. The summed E-state index contributed by atoms with van der Waals surface area (Å²) in [5.74, 6) is -0.821. The molecule has 0 saturated carbocycles. The Morgan fingerprint density at radius 3 is 2.44 bits per heavy atom. The zero-order valence-electron chi connectivity index (χ0n) is 15.2. The van der Waals surface area contributed by atoms with Crippen LogP contribution in [0.4, 0.5) is 22.8 Å². The van der Waals surface area contributed by atoms with Crippen LogP contribution in [0.5, 0.6) is 0 Å². The maximum atomic E-state index is 12.7. The van der Waals surface area contributed by atoms with Crippen molar-refractivity contribution >= 4 is 18.0 Å². The number of aromatic nitrogens is 2. The molecule has 4 amide bonds. The minimum Gasteiger partial charge on any atom is -0.444 e. The Morgan fingerprint density at radius 2 is 1.96 bits per heavy atom. The molecule has 9 nitrogen and oxygen atoms in total. The monoisotopic (exact) mass is 391 g/mol. The number of amides is 4. The van der Waals surface area contributed by atoms with Gasteiger partial charge in [-0.1, -0.05) is 0 Å². The van der Waals surface area contributed by atoms with Gasteiger partial charge in [0.25, 0.3) is 5.91 Å². The average molecular weight is 391 g/mol. The molecule has 150 valence electrons. The van der Waals surface area contributed by atoms with E-state index in [1.165, 1.54) is 6.92 Å². The lowest BCUT2D eigenvalue weighted by atomic mass is 9.90. The molecule has 0 aliphatic carbocycles. The third kappa shape index (κ3) is 4.68. The SMILES string of the molecule is Cc1c(C2(CNC(=O)OC(C)(C)C)NC(=O)NC2=O)cnn1CC(F)(F)F. The van der Waals surface area contributed by atoms with E-state index in [2.05, 4.69) is 15.7 Å². The van der Waals surface area contributed by atoms with Gasteiger partial charge in [-0.25, -0.2) is 9.59 Å². The van der Waals surface area contributed by atoms with Crippen LogP contribution in [-0.4, -0.2) is 46.1 Å². The summed E-state index contributed by atoms with van der Waals surface area (Å²) in [6.07, 6.45) is -4.31. The molecule has 27 heavy (non-hydrogen) atoms. The molecule has 0 bridgehead atoms. The van der Waals surface area contributed by atoms with E-state index in [1.54, 1.807) is 20.8 Å². The quantitative estimate of drug-likeness (QED) is 0.670. The number of alkyl carbamates (subject to hydrolysis) is 1. The highest BCUT2D eigenvalue weighted by molar-refractivity contribution is 6.07. The molecule has 2 rings (SSSR count). The van der Waals surface area contributed by atoms with Crippen LogP contribution < -0.4 is 16.0 Å². The normalized spacial score (nSPS) is 20.3. The molecule has 1 aliphatic rings. The van der Waals surface area contributed by atoms with Crippen LogP contribution in [0.1, 0.15) is 32.0 Å². The molecule has 12 heteroatoms. The summed E-state index contributed by atoms with van der Waals surface area (Å²) in [7, 11) is 0. The van der Waals surface area contributed by atoms with Crippen molar-refractivity contribution in [3.05, 3.63) is 17.5 Å². The van der Waals surface area contributed by atoms with Gasteiger partial charge in [0, 0.05) is 11.3 Å². The van der Waals surface area contributed by atoms with Gasteiger partial charge in [0.15, 0.2) is 5.54 Å². The second-order valence-electron chi connectivity index (χ2n) is 7.09. The maximum absolute atomic E-state index is 12.7. The van der Waals surface area contributed by atoms with E-state index in [9.17, 15) is 27.6 Å². The number of halogens is 3. The summed E-state index contributed by atoms with van der Waals surface area (Å²) in [4.78, 5) is 36.0. The van der Waals surface area contributed by atoms with E-state index in [0.29, 0.717) is 4.68 Å². The first-order valence-electron chi connectivity index (χ1n) is 7.93. The highest BCUT2D eigenvalue weighted by Gasteiger charge is 2.50. The van der Waals surface area contributed by atoms with Gasteiger partial charge in [-0.3, -0.25) is 14.8 Å². The average Bonchev–Trinajstić information content (AvgIpc) is 2.95. The molecule has 1 aromatic rings. The summed E-state index contributed by atoms with van der Waals surface area (Å²) < 4.78 is 43.8. The van der Waals surface area contributed by atoms with Crippen molar-refractivity contribution in [3.8, 4) is 0 Å². The van der Waals surface area contributed by atoms with E-state index in [4.69, 9.17) is 4.74 Å². The molecular weight excluding hydrogens is 371 g/mol. The molecule has 1 saturated heterocycles. The third-order valence-corrected chi connectivity index (χ3v) is 3.73. The molecule has 2 heterocycles.